The lowest BCUT2D eigenvalue weighted by Gasteiger charge is -2.22. The van der Waals surface area contributed by atoms with Crippen molar-refractivity contribution in [3.8, 4) is 0 Å². The molecule has 0 aliphatic carbocycles. The molecule has 1 saturated heterocycles. The summed E-state index contributed by atoms with van der Waals surface area (Å²) in [6, 6.07) is 1.25. The number of nitrogens with one attached hydrogen (secondary N) is 2. The number of carbonyl (C=O) groups excluding carboxylic acids is 1. The number of hydrogen-bond acceptors (Lipinski definition) is 5. The van der Waals surface area contributed by atoms with Crippen molar-refractivity contribution in [2.45, 2.75) is 44.9 Å². The van der Waals surface area contributed by atoms with Crippen molar-refractivity contribution in [2.75, 3.05) is 11.9 Å². The molecule has 0 aromatic carbocycles. The first-order valence-electron chi connectivity index (χ1n) is 8.34. The highest BCUT2D eigenvalue weighted by atomic mass is 16.5. The molecule has 1 aliphatic heterocycles. The normalized spacial score (nSPS) is 17.4. The highest BCUT2D eigenvalue weighted by Gasteiger charge is 2.15. The number of ether oxygens (including phenoxy) is 1. The number of aromatic nitrogens is 4. The highest BCUT2D eigenvalue weighted by molar-refractivity contribution is 5.90. The van der Waals surface area contributed by atoms with E-state index in [1.54, 1.807) is 17.1 Å². The maximum atomic E-state index is 12.0. The molecule has 2 aromatic rings. The van der Waals surface area contributed by atoms with Crippen molar-refractivity contribution in [1.82, 2.24) is 19.3 Å². The second-order valence-electron chi connectivity index (χ2n) is 6.04. The van der Waals surface area contributed by atoms with Crippen molar-refractivity contribution in [2.24, 2.45) is 0 Å². The van der Waals surface area contributed by atoms with Crippen molar-refractivity contribution in [3.05, 3.63) is 45.5 Å². The minimum atomic E-state index is -0.527. The molecule has 1 unspecified atom stereocenters. The van der Waals surface area contributed by atoms with E-state index < -0.39 is 11.2 Å². The third-order valence-corrected chi connectivity index (χ3v) is 4.06. The highest BCUT2D eigenvalue weighted by Crippen LogP contribution is 2.15. The molecule has 1 aliphatic rings. The standard InChI is InChI=1S/C16H21N5O4/c22-14(4-6-20-7-5-15(23)19-16(20)24)18-12-9-17-21(10-12)11-13-3-1-2-8-25-13/h5,7,9-10,13H,1-4,6,8,11H2,(H,18,22)(H,19,23,24). The lowest BCUT2D eigenvalue weighted by Crippen LogP contribution is -2.29. The van der Waals surface area contributed by atoms with Crippen LogP contribution in [0.25, 0.3) is 0 Å². The fourth-order valence-corrected chi connectivity index (χ4v) is 2.75. The smallest absolute Gasteiger partial charge is 0.328 e. The van der Waals surface area contributed by atoms with Crippen LogP contribution in [-0.4, -0.2) is 37.9 Å². The van der Waals surface area contributed by atoms with Crippen molar-refractivity contribution >= 4 is 11.6 Å². The monoisotopic (exact) mass is 347 g/mol. The van der Waals surface area contributed by atoms with E-state index in [0.717, 1.165) is 19.4 Å². The summed E-state index contributed by atoms with van der Waals surface area (Å²) in [5, 5.41) is 6.98. The molecular formula is C16H21N5O4. The van der Waals surface area contributed by atoms with Crippen LogP contribution in [0, 0.1) is 0 Å². The molecule has 0 saturated carbocycles. The van der Waals surface area contributed by atoms with Crippen molar-refractivity contribution in [3.63, 3.8) is 0 Å². The summed E-state index contributed by atoms with van der Waals surface area (Å²) >= 11 is 0. The number of amides is 1. The fraction of sp³-hybridized carbons (Fsp3) is 0.500. The van der Waals surface area contributed by atoms with Gasteiger partial charge in [0.25, 0.3) is 5.56 Å². The zero-order valence-corrected chi connectivity index (χ0v) is 13.8. The zero-order chi connectivity index (χ0) is 17.6. The average Bonchev–Trinajstić information content (AvgIpc) is 3.02. The number of H-pyrrole nitrogens is 1. The fourth-order valence-electron chi connectivity index (χ4n) is 2.75. The van der Waals surface area contributed by atoms with Crippen LogP contribution < -0.4 is 16.6 Å². The van der Waals surface area contributed by atoms with Crippen LogP contribution in [0.2, 0.25) is 0 Å². The van der Waals surface area contributed by atoms with E-state index in [1.165, 1.54) is 23.3 Å². The molecule has 9 heteroatoms. The number of carbonyl (C=O) groups is 1. The number of hydrogen-bond donors (Lipinski definition) is 2. The van der Waals surface area contributed by atoms with Gasteiger partial charge in [0.15, 0.2) is 0 Å². The van der Waals surface area contributed by atoms with Crippen molar-refractivity contribution < 1.29 is 9.53 Å². The first kappa shape index (κ1) is 17.2. The summed E-state index contributed by atoms with van der Waals surface area (Å²) in [5.74, 6) is -0.230. The lowest BCUT2D eigenvalue weighted by atomic mass is 10.1. The minimum Gasteiger partial charge on any atom is -0.376 e. The van der Waals surface area contributed by atoms with Gasteiger partial charge in [-0.05, 0) is 19.3 Å². The molecular weight excluding hydrogens is 326 g/mol. The summed E-state index contributed by atoms with van der Waals surface area (Å²) in [4.78, 5) is 36.7. The van der Waals surface area contributed by atoms with E-state index in [4.69, 9.17) is 4.74 Å². The molecule has 2 N–H and O–H groups in total. The van der Waals surface area contributed by atoms with Crippen LogP contribution in [0.1, 0.15) is 25.7 Å². The Kier molecular flexibility index (Phi) is 5.44. The van der Waals surface area contributed by atoms with Gasteiger partial charge in [-0.15, -0.1) is 0 Å². The van der Waals surface area contributed by atoms with Crippen LogP contribution in [0.3, 0.4) is 0 Å². The van der Waals surface area contributed by atoms with Crippen LogP contribution >= 0.6 is 0 Å². The maximum Gasteiger partial charge on any atom is 0.328 e. The summed E-state index contributed by atoms with van der Waals surface area (Å²) in [5.41, 5.74) is -0.379. The van der Waals surface area contributed by atoms with Crippen LogP contribution in [0.4, 0.5) is 5.69 Å². The third-order valence-electron chi connectivity index (χ3n) is 4.06. The first-order valence-corrected chi connectivity index (χ1v) is 8.34. The number of anilines is 1. The number of rotatable bonds is 6. The van der Waals surface area contributed by atoms with Crippen LogP contribution in [-0.2, 0) is 22.6 Å². The van der Waals surface area contributed by atoms with Gasteiger partial charge in [0, 0.05) is 38.0 Å². The SMILES string of the molecule is O=C(CCn1ccc(=O)[nH]c1=O)Nc1cnn(CC2CCCCO2)c1. The summed E-state index contributed by atoms with van der Waals surface area (Å²) < 4.78 is 8.72. The Hall–Kier alpha value is -2.68. The van der Waals surface area contributed by atoms with Gasteiger partial charge < -0.3 is 14.6 Å². The first-order chi connectivity index (χ1) is 12.1. The molecule has 3 rings (SSSR count). The van der Waals surface area contributed by atoms with Crippen molar-refractivity contribution in [1.29, 1.82) is 0 Å². The molecule has 1 amide bonds. The Labute approximate surface area is 143 Å². The largest absolute Gasteiger partial charge is 0.376 e. The van der Waals surface area contributed by atoms with E-state index in [2.05, 4.69) is 15.4 Å². The summed E-state index contributed by atoms with van der Waals surface area (Å²) in [6.45, 7) is 1.65. The molecule has 1 atom stereocenters. The Balaban J connectivity index is 1.49. The summed E-state index contributed by atoms with van der Waals surface area (Å²) in [7, 11) is 0. The lowest BCUT2D eigenvalue weighted by molar-refractivity contribution is -0.116. The van der Waals surface area contributed by atoms with E-state index in [0.29, 0.717) is 12.2 Å². The van der Waals surface area contributed by atoms with E-state index in [9.17, 15) is 14.4 Å². The topological polar surface area (TPSA) is 111 Å². The minimum absolute atomic E-state index is 0.114. The summed E-state index contributed by atoms with van der Waals surface area (Å²) in [6.07, 6.45) is 8.31. The van der Waals surface area contributed by atoms with Gasteiger partial charge in [-0.3, -0.25) is 19.3 Å². The average molecular weight is 347 g/mol. The Morgan fingerprint density at radius 2 is 2.28 bits per heavy atom. The Bertz CT molecular complexity index is 831. The molecule has 2 aromatic heterocycles. The van der Waals surface area contributed by atoms with Crippen LogP contribution in [0.5, 0.6) is 0 Å². The zero-order valence-electron chi connectivity index (χ0n) is 13.8. The molecule has 0 bridgehead atoms. The quantitative estimate of drug-likeness (QED) is 0.782. The van der Waals surface area contributed by atoms with E-state index in [1.807, 2.05) is 0 Å². The van der Waals surface area contributed by atoms with Crippen LogP contribution in [0.15, 0.2) is 34.2 Å². The number of aromatic amines is 1. The third kappa shape index (κ3) is 4.90. The predicted molar refractivity (Wildman–Crippen MR) is 90.4 cm³/mol. The number of nitrogens with zero attached hydrogens (tertiary/aromatic N) is 3. The molecule has 134 valence electrons. The van der Waals surface area contributed by atoms with Gasteiger partial charge in [0.05, 0.1) is 24.5 Å². The van der Waals surface area contributed by atoms with Gasteiger partial charge in [0.1, 0.15) is 0 Å². The number of aryl methyl sites for hydroxylation is 1. The molecule has 0 spiro atoms. The molecule has 9 nitrogen and oxygen atoms in total. The molecule has 3 heterocycles. The van der Waals surface area contributed by atoms with E-state index >= 15 is 0 Å². The Morgan fingerprint density at radius 3 is 3.04 bits per heavy atom. The molecule has 0 radical (unpaired) electrons. The predicted octanol–water partition coefficient (Wildman–Crippen LogP) is 0.331. The van der Waals surface area contributed by atoms with E-state index in [-0.39, 0.29) is 25.0 Å². The molecule has 1 fully saturated rings. The second kappa shape index (κ2) is 7.93. The maximum absolute atomic E-state index is 12.0. The van der Waals surface area contributed by atoms with Gasteiger partial charge in [-0.1, -0.05) is 0 Å². The second-order valence-corrected chi connectivity index (χ2v) is 6.04. The Morgan fingerprint density at radius 1 is 1.40 bits per heavy atom. The van der Waals surface area contributed by atoms with Gasteiger partial charge in [0.2, 0.25) is 5.91 Å². The van der Waals surface area contributed by atoms with Gasteiger partial charge in [-0.2, -0.15) is 5.10 Å². The van der Waals surface area contributed by atoms with Gasteiger partial charge >= 0.3 is 5.69 Å². The van der Waals surface area contributed by atoms with Gasteiger partial charge in [-0.25, -0.2) is 4.79 Å². The molecule has 25 heavy (non-hydrogen) atoms.